The Morgan fingerprint density at radius 3 is 2.45 bits per heavy atom. The van der Waals surface area contributed by atoms with Crippen molar-refractivity contribution >= 4 is 0 Å². The molecule has 1 aromatic carbocycles. The van der Waals surface area contributed by atoms with Gasteiger partial charge in [-0.05, 0) is 32.0 Å². The first kappa shape index (κ1) is 14.8. The molecule has 0 saturated carbocycles. The van der Waals surface area contributed by atoms with E-state index in [1.165, 1.54) is 16.7 Å². The molecule has 20 heavy (non-hydrogen) atoms. The molecule has 0 radical (unpaired) electrons. The monoisotopic (exact) mass is 272 g/mol. The highest BCUT2D eigenvalue weighted by Gasteiger charge is 2.23. The van der Waals surface area contributed by atoms with E-state index in [-0.39, 0.29) is 12.1 Å². The van der Waals surface area contributed by atoms with Crippen LogP contribution in [0.25, 0.3) is 0 Å². The van der Waals surface area contributed by atoms with E-state index in [2.05, 4.69) is 50.1 Å². The van der Waals surface area contributed by atoms with E-state index in [9.17, 15) is 0 Å². The molecule has 0 spiro atoms. The van der Waals surface area contributed by atoms with Crippen molar-refractivity contribution in [3.05, 3.63) is 59.5 Å². The van der Waals surface area contributed by atoms with E-state index in [1.54, 1.807) is 12.5 Å². The summed E-state index contributed by atoms with van der Waals surface area (Å²) in [6.45, 7) is 5.08. The minimum atomic E-state index is 0.120. The maximum atomic E-state index is 6.35. The van der Waals surface area contributed by atoms with Gasteiger partial charge in [-0.2, -0.15) is 0 Å². The number of rotatable bonds is 6. The molecule has 2 atom stereocenters. The second-order valence-electron chi connectivity index (χ2n) is 5.47. The minimum Gasteiger partial charge on any atom is -0.472 e. The molecule has 1 aromatic heterocycles. The van der Waals surface area contributed by atoms with E-state index in [1.807, 2.05) is 6.07 Å². The van der Waals surface area contributed by atoms with Crippen LogP contribution < -0.4 is 5.73 Å². The zero-order chi connectivity index (χ0) is 14.5. The maximum Gasteiger partial charge on any atom is 0.0947 e. The first-order valence-electron chi connectivity index (χ1n) is 7.15. The Labute approximate surface area is 121 Å². The van der Waals surface area contributed by atoms with Gasteiger partial charge in [0, 0.05) is 24.2 Å². The fraction of sp³-hybridized carbons (Fsp3) is 0.412. The van der Waals surface area contributed by atoms with Crippen LogP contribution in [0.5, 0.6) is 0 Å². The Kier molecular flexibility index (Phi) is 4.99. The van der Waals surface area contributed by atoms with Crippen molar-refractivity contribution in [2.75, 3.05) is 7.05 Å². The van der Waals surface area contributed by atoms with E-state index in [0.717, 1.165) is 13.0 Å². The van der Waals surface area contributed by atoms with Crippen molar-refractivity contribution in [3.63, 3.8) is 0 Å². The van der Waals surface area contributed by atoms with Gasteiger partial charge in [0.1, 0.15) is 0 Å². The fourth-order valence-corrected chi connectivity index (χ4v) is 2.58. The van der Waals surface area contributed by atoms with Crippen molar-refractivity contribution in [2.24, 2.45) is 5.73 Å². The van der Waals surface area contributed by atoms with E-state index in [4.69, 9.17) is 10.2 Å². The molecule has 0 aliphatic rings. The van der Waals surface area contributed by atoms with Crippen LogP contribution in [0.3, 0.4) is 0 Å². The normalized spacial score (nSPS) is 14.4. The Morgan fingerprint density at radius 1 is 1.20 bits per heavy atom. The van der Waals surface area contributed by atoms with Crippen LogP contribution in [-0.4, -0.2) is 18.0 Å². The third-order valence-corrected chi connectivity index (χ3v) is 3.78. The summed E-state index contributed by atoms with van der Waals surface area (Å²) in [5, 5.41) is 0. The van der Waals surface area contributed by atoms with E-state index >= 15 is 0 Å². The summed E-state index contributed by atoms with van der Waals surface area (Å²) in [5.41, 5.74) is 10.1. The Hall–Kier alpha value is -1.58. The molecular weight excluding hydrogens is 248 g/mol. The minimum absolute atomic E-state index is 0.120. The summed E-state index contributed by atoms with van der Waals surface area (Å²) in [7, 11) is 2.12. The molecule has 0 aliphatic carbocycles. The Bertz CT molecular complexity index is 504. The maximum absolute atomic E-state index is 6.35. The fourth-order valence-electron chi connectivity index (χ4n) is 2.58. The van der Waals surface area contributed by atoms with Gasteiger partial charge in [0.05, 0.1) is 12.5 Å². The second-order valence-corrected chi connectivity index (χ2v) is 5.47. The van der Waals surface area contributed by atoms with Crippen LogP contribution in [0.4, 0.5) is 0 Å². The van der Waals surface area contributed by atoms with Crippen LogP contribution in [-0.2, 0) is 6.54 Å². The second kappa shape index (κ2) is 6.73. The van der Waals surface area contributed by atoms with Crippen LogP contribution >= 0.6 is 0 Å². The predicted octanol–water partition coefficient (Wildman–Crippen LogP) is 3.50. The zero-order valence-electron chi connectivity index (χ0n) is 12.5. The molecule has 108 valence electrons. The number of hydrogen-bond donors (Lipinski definition) is 1. The topological polar surface area (TPSA) is 42.4 Å². The Morgan fingerprint density at radius 2 is 1.90 bits per heavy atom. The Balaban J connectivity index is 2.20. The molecule has 0 aliphatic heterocycles. The number of nitrogens with zero attached hydrogens (tertiary/aromatic N) is 1. The van der Waals surface area contributed by atoms with Gasteiger partial charge in [-0.3, -0.25) is 4.90 Å². The molecule has 2 unspecified atom stereocenters. The highest BCUT2D eigenvalue weighted by Crippen LogP contribution is 2.25. The highest BCUT2D eigenvalue weighted by molar-refractivity contribution is 5.25. The van der Waals surface area contributed by atoms with Crippen LogP contribution in [0.1, 0.15) is 36.1 Å². The molecule has 0 saturated heterocycles. The molecule has 2 rings (SSSR count). The van der Waals surface area contributed by atoms with Gasteiger partial charge in [-0.25, -0.2) is 0 Å². The molecule has 0 amide bonds. The third-order valence-electron chi connectivity index (χ3n) is 3.78. The SMILES string of the molecule is CCC(N)C(c1ccc(C)cc1)N(C)Cc1ccoc1. The van der Waals surface area contributed by atoms with Gasteiger partial charge in [0.2, 0.25) is 0 Å². The lowest BCUT2D eigenvalue weighted by Crippen LogP contribution is -2.38. The van der Waals surface area contributed by atoms with Gasteiger partial charge < -0.3 is 10.2 Å². The van der Waals surface area contributed by atoms with E-state index < -0.39 is 0 Å². The van der Waals surface area contributed by atoms with Gasteiger partial charge >= 0.3 is 0 Å². The van der Waals surface area contributed by atoms with Crippen LogP contribution in [0.15, 0.2) is 47.3 Å². The molecule has 0 fully saturated rings. The van der Waals surface area contributed by atoms with Crippen molar-refractivity contribution in [3.8, 4) is 0 Å². The quantitative estimate of drug-likeness (QED) is 0.875. The van der Waals surface area contributed by atoms with Gasteiger partial charge in [0.25, 0.3) is 0 Å². The van der Waals surface area contributed by atoms with Crippen LogP contribution in [0, 0.1) is 6.92 Å². The highest BCUT2D eigenvalue weighted by atomic mass is 16.3. The first-order valence-corrected chi connectivity index (χ1v) is 7.15. The largest absolute Gasteiger partial charge is 0.472 e. The lowest BCUT2D eigenvalue weighted by molar-refractivity contribution is 0.201. The molecule has 2 aromatic rings. The number of hydrogen-bond acceptors (Lipinski definition) is 3. The number of likely N-dealkylation sites (N-methyl/N-ethyl adjacent to an activating group) is 1. The summed E-state index contributed by atoms with van der Waals surface area (Å²) in [6, 6.07) is 11.0. The van der Waals surface area contributed by atoms with Gasteiger partial charge in [-0.15, -0.1) is 0 Å². The number of nitrogens with two attached hydrogens (primary N) is 1. The summed E-state index contributed by atoms with van der Waals surface area (Å²) in [5.74, 6) is 0. The van der Waals surface area contributed by atoms with E-state index in [0.29, 0.717) is 0 Å². The molecule has 3 heteroatoms. The predicted molar refractivity (Wildman–Crippen MR) is 82.4 cm³/mol. The summed E-state index contributed by atoms with van der Waals surface area (Å²) < 4.78 is 5.15. The third kappa shape index (κ3) is 3.50. The smallest absolute Gasteiger partial charge is 0.0947 e. The molecule has 0 bridgehead atoms. The summed E-state index contributed by atoms with van der Waals surface area (Å²) >= 11 is 0. The standard InChI is InChI=1S/C17H24N2O/c1-4-16(18)17(15-7-5-13(2)6-8-15)19(3)11-14-9-10-20-12-14/h5-10,12,16-17H,4,11,18H2,1-3H3. The van der Waals surface area contributed by atoms with Crippen molar-refractivity contribution in [2.45, 2.75) is 38.9 Å². The average Bonchev–Trinajstić information content (AvgIpc) is 2.94. The molecule has 3 nitrogen and oxygen atoms in total. The van der Waals surface area contributed by atoms with Gasteiger partial charge in [0.15, 0.2) is 0 Å². The summed E-state index contributed by atoms with van der Waals surface area (Å²) in [4.78, 5) is 2.30. The van der Waals surface area contributed by atoms with Gasteiger partial charge in [-0.1, -0.05) is 36.8 Å². The average molecular weight is 272 g/mol. The van der Waals surface area contributed by atoms with Crippen molar-refractivity contribution < 1.29 is 4.42 Å². The van der Waals surface area contributed by atoms with Crippen LogP contribution in [0.2, 0.25) is 0 Å². The molecule has 1 heterocycles. The van der Waals surface area contributed by atoms with Crippen molar-refractivity contribution in [1.29, 1.82) is 0 Å². The lowest BCUT2D eigenvalue weighted by Gasteiger charge is -2.32. The number of benzene rings is 1. The van der Waals surface area contributed by atoms with Crippen molar-refractivity contribution in [1.82, 2.24) is 4.90 Å². The first-order chi connectivity index (χ1) is 9.61. The number of aryl methyl sites for hydroxylation is 1. The lowest BCUT2D eigenvalue weighted by atomic mass is 9.95. The zero-order valence-corrected chi connectivity index (χ0v) is 12.5. The summed E-state index contributed by atoms with van der Waals surface area (Å²) in [6.07, 6.45) is 4.46. The molecule has 2 N–H and O–H groups in total. The molecular formula is C17H24N2O. The number of furan rings is 1.